The van der Waals surface area contributed by atoms with Crippen molar-refractivity contribution in [3.8, 4) is 0 Å². The van der Waals surface area contributed by atoms with Crippen molar-refractivity contribution in [1.82, 2.24) is 5.32 Å². The lowest BCUT2D eigenvalue weighted by atomic mass is 10.1. The predicted molar refractivity (Wildman–Crippen MR) is 61.7 cm³/mol. The van der Waals surface area contributed by atoms with Gasteiger partial charge in [0.1, 0.15) is 0 Å². The zero-order chi connectivity index (χ0) is 12.0. The number of primary amides is 1. The average molecular weight is 220 g/mol. The molecule has 0 aromatic heterocycles. The minimum Gasteiger partial charge on any atom is -0.368 e. The summed E-state index contributed by atoms with van der Waals surface area (Å²) in [5, 5.41) is 2.45. The zero-order valence-electron chi connectivity index (χ0n) is 9.32. The van der Waals surface area contributed by atoms with E-state index in [1.54, 1.807) is 0 Å². The quantitative estimate of drug-likeness (QED) is 0.753. The van der Waals surface area contributed by atoms with Gasteiger partial charge in [-0.1, -0.05) is 31.2 Å². The molecule has 1 rings (SSSR count). The number of aryl methyl sites for hydroxylation is 1. The summed E-state index contributed by atoms with van der Waals surface area (Å²) in [6.07, 6.45) is 1.22. The number of rotatable bonds is 5. The molecule has 4 nitrogen and oxygen atoms in total. The topological polar surface area (TPSA) is 72.2 Å². The molecule has 1 aromatic carbocycles. The first-order valence-electron chi connectivity index (χ1n) is 5.24. The van der Waals surface area contributed by atoms with Crippen molar-refractivity contribution in [2.75, 3.05) is 6.54 Å². The first-order valence-corrected chi connectivity index (χ1v) is 5.24. The number of carbonyl (C=O) groups is 2. The van der Waals surface area contributed by atoms with Gasteiger partial charge in [0, 0.05) is 0 Å². The van der Waals surface area contributed by atoms with Crippen molar-refractivity contribution < 1.29 is 9.59 Å². The molecule has 0 radical (unpaired) electrons. The van der Waals surface area contributed by atoms with Crippen molar-refractivity contribution in [3.05, 3.63) is 35.4 Å². The van der Waals surface area contributed by atoms with Crippen LogP contribution in [-0.2, 0) is 22.4 Å². The first-order chi connectivity index (χ1) is 7.61. The second-order valence-electron chi connectivity index (χ2n) is 3.59. The SMILES string of the molecule is CCc1cccc(CC(=O)NCC(N)=O)c1. The molecule has 86 valence electrons. The Balaban J connectivity index is 2.52. The van der Waals surface area contributed by atoms with Crippen LogP contribution in [0.2, 0.25) is 0 Å². The third-order valence-electron chi connectivity index (χ3n) is 2.22. The van der Waals surface area contributed by atoms with Gasteiger partial charge in [0.05, 0.1) is 13.0 Å². The van der Waals surface area contributed by atoms with Crippen LogP contribution in [-0.4, -0.2) is 18.4 Å². The summed E-state index contributed by atoms with van der Waals surface area (Å²) >= 11 is 0. The summed E-state index contributed by atoms with van der Waals surface area (Å²) in [7, 11) is 0. The monoisotopic (exact) mass is 220 g/mol. The Morgan fingerprint density at radius 1 is 1.31 bits per heavy atom. The van der Waals surface area contributed by atoms with Crippen LogP contribution < -0.4 is 11.1 Å². The Hall–Kier alpha value is -1.84. The van der Waals surface area contributed by atoms with Crippen LogP contribution in [0.3, 0.4) is 0 Å². The van der Waals surface area contributed by atoms with Crippen molar-refractivity contribution in [1.29, 1.82) is 0 Å². The van der Waals surface area contributed by atoms with Gasteiger partial charge in [-0.2, -0.15) is 0 Å². The summed E-state index contributed by atoms with van der Waals surface area (Å²) in [6.45, 7) is 1.96. The van der Waals surface area contributed by atoms with Crippen molar-refractivity contribution >= 4 is 11.8 Å². The summed E-state index contributed by atoms with van der Waals surface area (Å²) < 4.78 is 0. The lowest BCUT2D eigenvalue weighted by Gasteiger charge is -2.04. The fraction of sp³-hybridized carbons (Fsp3) is 0.333. The minimum absolute atomic E-state index is 0.105. The van der Waals surface area contributed by atoms with E-state index in [0.29, 0.717) is 0 Å². The molecule has 3 N–H and O–H groups in total. The molecule has 4 heteroatoms. The standard InChI is InChI=1S/C12H16N2O2/c1-2-9-4-3-5-10(6-9)7-12(16)14-8-11(13)15/h3-6H,2,7-8H2,1H3,(H2,13,15)(H,14,16). The van der Waals surface area contributed by atoms with Crippen molar-refractivity contribution in [2.45, 2.75) is 19.8 Å². The number of carbonyl (C=O) groups excluding carboxylic acids is 2. The van der Waals surface area contributed by atoms with E-state index in [9.17, 15) is 9.59 Å². The van der Waals surface area contributed by atoms with Crippen LogP contribution in [0.15, 0.2) is 24.3 Å². The Labute approximate surface area is 94.8 Å². The lowest BCUT2D eigenvalue weighted by molar-refractivity contribution is -0.124. The van der Waals surface area contributed by atoms with Gasteiger partial charge in [-0.15, -0.1) is 0 Å². The van der Waals surface area contributed by atoms with E-state index in [1.807, 2.05) is 24.3 Å². The Morgan fingerprint density at radius 2 is 2.00 bits per heavy atom. The smallest absolute Gasteiger partial charge is 0.236 e. The molecular formula is C12H16N2O2. The molecule has 0 aliphatic heterocycles. The van der Waals surface area contributed by atoms with Gasteiger partial charge in [0.15, 0.2) is 0 Å². The number of amides is 2. The van der Waals surface area contributed by atoms with Gasteiger partial charge >= 0.3 is 0 Å². The molecule has 0 fully saturated rings. The van der Waals surface area contributed by atoms with Gasteiger partial charge in [-0.05, 0) is 17.5 Å². The first kappa shape index (κ1) is 12.2. The molecule has 0 heterocycles. The molecule has 2 amide bonds. The van der Waals surface area contributed by atoms with Gasteiger partial charge in [0.2, 0.25) is 11.8 Å². The molecular weight excluding hydrogens is 204 g/mol. The largest absolute Gasteiger partial charge is 0.368 e. The van der Waals surface area contributed by atoms with E-state index in [-0.39, 0.29) is 18.9 Å². The van der Waals surface area contributed by atoms with E-state index in [1.165, 1.54) is 5.56 Å². The third kappa shape index (κ3) is 4.13. The van der Waals surface area contributed by atoms with E-state index >= 15 is 0 Å². The van der Waals surface area contributed by atoms with E-state index < -0.39 is 5.91 Å². The molecule has 1 aromatic rings. The lowest BCUT2D eigenvalue weighted by Crippen LogP contribution is -2.34. The van der Waals surface area contributed by atoms with Gasteiger partial charge in [-0.25, -0.2) is 0 Å². The molecule has 0 aliphatic carbocycles. The maximum atomic E-state index is 11.4. The molecule has 0 spiro atoms. The molecule has 0 saturated heterocycles. The van der Waals surface area contributed by atoms with E-state index in [2.05, 4.69) is 12.2 Å². The highest BCUT2D eigenvalue weighted by molar-refractivity contribution is 5.84. The van der Waals surface area contributed by atoms with Crippen LogP contribution >= 0.6 is 0 Å². The molecule has 16 heavy (non-hydrogen) atoms. The van der Waals surface area contributed by atoms with Gasteiger partial charge < -0.3 is 11.1 Å². The van der Waals surface area contributed by atoms with Crippen LogP contribution in [0.1, 0.15) is 18.1 Å². The number of nitrogens with one attached hydrogen (secondary N) is 1. The molecule has 0 bridgehead atoms. The Bertz CT molecular complexity index is 388. The average Bonchev–Trinajstić information content (AvgIpc) is 2.26. The van der Waals surface area contributed by atoms with Crippen molar-refractivity contribution in [2.24, 2.45) is 5.73 Å². The molecule has 0 aliphatic rings. The van der Waals surface area contributed by atoms with Gasteiger partial charge in [-0.3, -0.25) is 9.59 Å². The van der Waals surface area contributed by atoms with Crippen LogP contribution in [0, 0.1) is 0 Å². The summed E-state index contributed by atoms with van der Waals surface area (Å²) in [5.41, 5.74) is 7.07. The minimum atomic E-state index is -0.532. The molecule has 0 saturated carbocycles. The van der Waals surface area contributed by atoms with E-state index in [4.69, 9.17) is 5.73 Å². The number of hydrogen-bond donors (Lipinski definition) is 2. The van der Waals surface area contributed by atoms with Gasteiger partial charge in [0.25, 0.3) is 0 Å². The molecule has 0 unspecified atom stereocenters. The number of nitrogens with two attached hydrogens (primary N) is 1. The van der Waals surface area contributed by atoms with Crippen LogP contribution in [0.4, 0.5) is 0 Å². The normalized spacial score (nSPS) is 9.81. The number of benzene rings is 1. The summed E-state index contributed by atoms with van der Waals surface area (Å²) in [6, 6.07) is 7.83. The highest BCUT2D eigenvalue weighted by Crippen LogP contribution is 2.06. The second kappa shape index (κ2) is 5.90. The molecule has 0 atom stereocenters. The number of hydrogen-bond acceptors (Lipinski definition) is 2. The maximum absolute atomic E-state index is 11.4. The Kier molecular flexibility index (Phi) is 4.51. The highest BCUT2D eigenvalue weighted by Gasteiger charge is 2.04. The van der Waals surface area contributed by atoms with E-state index in [0.717, 1.165) is 12.0 Å². The zero-order valence-corrected chi connectivity index (χ0v) is 9.32. The fourth-order valence-electron chi connectivity index (χ4n) is 1.39. The van der Waals surface area contributed by atoms with Crippen LogP contribution in [0.25, 0.3) is 0 Å². The third-order valence-corrected chi connectivity index (χ3v) is 2.22. The summed E-state index contributed by atoms with van der Waals surface area (Å²) in [4.78, 5) is 21.9. The second-order valence-corrected chi connectivity index (χ2v) is 3.59. The predicted octanol–water partition coefficient (Wildman–Crippen LogP) is 0.393. The highest BCUT2D eigenvalue weighted by atomic mass is 16.2. The van der Waals surface area contributed by atoms with Crippen LogP contribution in [0.5, 0.6) is 0 Å². The van der Waals surface area contributed by atoms with Crippen molar-refractivity contribution in [3.63, 3.8) is 0 Å². The maximum Gasteiger partial charge on any atom is 0.236 e. The summed E-state index contributed by atoms with van der Waals surface area (Å²) in [5.74, 6) is -0.720. The fourth-order valence-corrected chi connectivity index (χ4v) is 1.39. The Morgan fingerprint density at radius 3 is 2.62 bits per heavy atom.